The zero-order chi connectivity index (χ0) is 18.7. The van der Waals surface area contributed by atoms with Gasteiger partial charge in [0.2, 0.25) is 5.92 Å². The highest BCUT2D eigenvalue weighted by Gasteiger charge is 2.50. The lowest BCUT2D eigenvalue weighted by Gasteiger charge is -2.36. The van der Waals surface area contributed by atoms with Crippen LogP contribution in [0, 0.1) is 29.1 Å². The van der Waals surface area contributed by atoms with Crippen molar-refractivity contribution < 1.29 is 8.78 Å². The molecule has 2 aliphatic carbocycles. The summed E-state index contributed by atoms with van der Waals surface area (Å²) in [6.07, 6.45) is 13.0. The van der Waals surface area contributed by atoms with Gasteiger partial charge in [0.1, 0.15) is 0 Å². The fourth-order valence-electron chi connectivity index (χ4n) is 5.30. The van der Waals surface area contributed by atoms with Gasteiger partial charge < -0.3 is 0 Å². The van der Waals surface area contributed by atoms with E-state index in [4.69, 9.17) is 0 Å². The van der Waals surface area contributed by atoms with Gasteiger partial charge in [0.25, 0.3) is 0 Å². The molecule has 0 aromatic heterocycles. The van der Waals surface area contributed by atoms with Crippen molar-refractivity contribution in [2.45, 2.75) is 108 Å². The molecule has 0 saturated heterocycles. The lowest BCUT2D eigenvalue weighted by molar-refractivity contribution is 0.00592. The first-order valence-corrected chi connectivity index (χ1v) is 11.9. The summed E-state index contributed by atoms with van der Waals surface area (Å²) >= 11 is 2.63. The number of rotatable bonds is 10. The molecule has 25 heavy (non-hydrogen) atoms. The van der Waals surface area contributed by atoms with Gasteiger partial charge in [0, 0.05) is 10.3 Å². The summed E-state index contributed by atoms with van der Waals surface area (Å²) in [6.45, 7) is 7.89. The highest BCUT2D eigenvalue weighted by Crippen LogP contribution is 2.61. The molecule has 0 N–H and O–H groups in total. The second-order valence-corrected chi connectivity index (χ2v) is 11.7. The van der Waals surface area contributed by atoms with Crippen LogP contribution in [0.1, 0.15) is 98.3 Å². The van der Waals surface area contributed by atoms with Crippen LogP contribution in [-0.2, 0) is 0 Å². The zero-order valence-corrected chi connectivity index (χ0v) is 19.0. The summed E-state index contributed by atoms with van der Waals surface area (Å²) < 4.78 is 27.3. The molecule has 0 radical (unpaired) electrons. The van der Waals surface area contributed by atoms with E-state index < -0.39 is 5.92 Å². The van der Waals surface area contributed by atoms with Crippen LogP contribution in [0.2, 0.25) is 0 Å². The fourth-order valence-corrected chi connectivity index (χ4v) is 6.02. The van der Waals surface area contributed by atoms with Gasteiger partial charge in [-0.1, -0.05) is 43.4 Å². The second-order valence-electron chi connectivity index (χ2n) is 9.96. The largest absolute Gasteiger partial charge is 0.245 e. The van der Waals surface area contributed by atoms with Gasteiger partial charge >= 0.3 is 0 Å². The second kappa shape index (κ2) is 9.19. The predicted octanol–water partition coefficient (Wildman–Crippen LogP) is 8.27. The van der Waals surface area contributed by atoms with Crippen LogP contribution in [0.3, 0.4) is 0 Å². The standard InChI is InChI=1S/C22H39F2I/c1-16(2)13-18(14-17(3)9-10-21(4,23)24)15-22(11-12-22)19-5-7-20(25)8-6-19/h16-20H,5-15H2,1-4H3/t17-,18?,19?,20?/m1/s1. The van der Waals surface area contributed by atoms with Crippen LogP contribution in [-0.4, -0.2) is 9.85 Å². The van der Waals surface area contributed by atoms with E-state index in [2.05, 4.69) is 43.4 Å². The Bertz CT molecular complexity index is 389. The van der Waals surface area contributed by atoms with Crippen molar-refractivity contribution in [2.24, 2.45) is 29.1 Å². The third-order valence-electron chi connectivity index (χ3n) is 6.73. The van der Waals surface area contributed by atoms with E-state index in [1.54, 1.807) is 0 Å². The lowest BCUT2D eigenvalue weighted by atomic mass is 9.71. The monoisotopic (exact) mass is 468 g/mol. The third kappa shape index (κ3) is 7.62. The molecular weight excluding hydrogens is 429 g/mol. The van der Waals surface area contributed by atoms with Gasteiger partial charge in [-0.2, -0.15) is 0 Å². The number of hydrogen-bond acceptors (Lipinski definition) is 0. The number of hydrogen-bond donors (Lipinski definition) is 0. The molecule has 2 saturated carbocycles. The highest BCUT2D eigenvalue weighted by molar-refractivity contribution is 14.1. The van der Waals surface area contributed by atoms with Crippen molar-refractivity contribution in [2.75, 3.05) is 0 Å². The van der Waals surface area contributed by atoms with Crippen LogP contribution < -0.4 is 0 Å². The highest BCUT2D eigenvalue weighted by atomic mass is 127. The van der Waals surface area contributed by atoms with E-state index in [0.29, 0.717) is 23.7 Å². The predicted molar refractivity (Wildman–Crippen MR) is 113 cm³/mol. The van der Waals surface area contributed by atoms with E-state index >= 15 is 0 Å². The fraction of sp³-hybridized carbons (Fsp3) is 1.00. The average molecular weight is 468 g/mol. The lowest BCUT2D eigenvalue weighted by Crippen LogP contribution is -2.26. The molecule has 0 heterocycles. The minimum absolute atomic E-state index is 0.0490. The van der Waals surface area contributed by atoms with Gasteiger partial charge in [-0.05, 0) is 100 Å². The molecule has 3 heteroatoms. The SMILES string of the molecule is CC(C)CC(C[C@H](C)CCC(C)(F)F)CC1(C2CCC(I)CC2)CC1. The number of alkyl halides is 3. The van der Waals surface area contributed by atoms with Crippen molar-refractivity contribution >= 4 is 22.6 Å². The minimum Gasteiger partial charge on any atom is -0.207 e. The molecule has 0 bridgehead atoms. The Labute approximate surface area is 168 Å². The minimum atomic E-state index is -2.50. The van der Waals surface area contributed by atoms with Crippen LogP contribution in [0.25, 0.3) is 0 Å². The van der Waals surface area contributed by atoms with Crippen molar-refractivity contribution in [3.63, 3.8) is 0 Å². The quantitative estimate of drug-likeness (QED) is 0.224. The maximum absolute atomic E-state index is 13.2. The van der Waals surface area contributed by atoms with E-state index in [1.165, 1.54) is 51.4 Å². The molecular formula is C22H39F2I. The Morgan fingerprint density at radius 2 is 1.64 bits per heavy atom. The Kier molecular flexibility index (Phi) is 8.04. The first-order chi connectivity index (χ1) is 11.6. The van der Waals surface area contributed by atoms with Crippen molar-refractivity contribution in [1.29, 1.82) is 0 Å². The molecule has 2 atom stereocenters. The van der Waals surface area contributed by atoms with Gasteiger partial charge in [0.15, 0.2) is 0 Å². The normalized spacial score (nSPS) is 28.8. The van der Waals surface area contributed by atoms with Gasteiger partial charge in [-0.3, -0.25) is 0 Å². The molecule has 0 amide bonds. The Hall–Kier alpha value is 0.590. The molecule has 0 aromatic rings. The molecule has 0 aromatic carbocycles. The maximum Gasteiger partial charge on any atom is 0.245 e. The van der Waals surface area contributed by atoms with E-state index in [9.17, 15) is 8.78 Å². The van der Waals surface area contributed by atoms with Crippen molar-refractivity contribution in [3.05, 3.63) is 0 Å². The summed E-state index contributed by atoms with van der Waals surface area (Å²) in [7, 11) is 0. The Morgan fingerprint density at radius 1 is 1.04 bits per heavy atom. The van der Waals surface area contributed by atoms with E-state index in [0.717, 1.165) is 29.1 Å². The molecule has 2 aliphatic rings. The first-order valence-electron chi connectivity index (χ1n) is 10.6. The van der Waals surface area contributed by atoms with Crippen LogP contribution >= 0.6 is 22.6 Å². The molecule has 1 unspecified atom stereocenters. The summed E-state index contributed by atoms with van der Waals surface area (Å²) in [5.41, 5.74) is 0.630. The molecule has 0 nitrogen and oxygen atoms in total. The molecule has 2 fully saturated rings. The van der Waals surface area contributed by atoms with Gasteiger partial charge in [0.05, 0.1) is 0 Å². The number of halogens is 3. The van der Waals surface area contributed by atoms with E-state index in [1.807, 2.05) is 0 Å². The molecule has 0 spiro atoms. The average Bonchev–Trinajstić information content (AvgIpc) is 3.25. The van der Waals surface area contributed by atoms with Crippen LogP contribution in [0.5, 0.6) is 0 Å². The first kappa shape index (κ1) is 21.9. The molecule has 0 aliphatic heterocycles. The summed E-state index contributed by atoms with van der Waals surface area (Å²) in [6, 6.07) is 0. The van der Waals surface area contributed by atoms with Gasteiger partial charge in [-0.15, -0.1) is 0 Å². The zero-order valence-electron chi connectivity index (χ0n) is 16.8. The Balaban J connectivity index is 1.88. The van der Waals surface area contributed by atoms with E-state index in [-0.39, 0.29) is 6.42 Å². The topological polar surface area (TPSA) is 0 Å². The summed E-state index contributed by atoms with van der Waals surface area (Å²) in [4.78, 5) is 0. The third-order valence-corrected chi connectivity index (χ3v) is 7.97. The smallest absolute Gasteiger partial charge is 0.207 e. The van der Waals surface area contributed by atoms with Gasteiger partial charge in [-0.25, -0.2) is 8.78 Å². The summed E-state index contributed by atoms with van der Waals surface area (Å²) in [5.74, 6) is 0.322. The van der Waals surface area contributed by atoms with Crippen LogP contribution in [0.15, 0.2) is 0 Å². The molecule has 2 rings (SSSR count). The van der Waals surface area contributed by atoms with Crippen molar-refractivity contribution in [1.82, 2.24) is 0 Å². The van der Waals surface area contributed by atoms with Crippen molar-refractivity contribution in [3.8, 4) is 0 Å². The molecule has 148 valence electrons. The summed E-state index contributed by atoms with van der Waals surface area (Å²) in [5, 5.41) is 0. The van der Waals surface area contributed by atoms with Crippen LogP contribution in [0.4, 0.5) is 8.78 Å². The Morgan fingerprint density at radius 3 is 2.12 bits per heavy atom. The maximum atomic E-state index is 13.2.